The summed E-state index contributed by atoms with van der Waals surface area (Å²) in [5.41, 5.74) is 1.92. The lowest BCUT2D eigenvalue weighted by atomic mass is 9.98. The largest absolute Gasteiger partial charge is 0.330 e. The van der Waals surface area contributed by atoms with Crippen molar-refractivity contribution < 1.29 is 4.79 Å². The van der Waals surface area contributed by atoms with Crippen LogP contribution in [0.4, 0.5) is 0 Å². The van der Waals surface area contributed by atoms with Gasteiger partial charge in [0.2, 0.25) is 11.3 Å². The minimum Gasteiger partial charge on any atom is -0.330 e. The number of fused-ring (bicyclic) bond motifs is 2. The Morgan fingerprint density at radius 2 is 2.00 bits per heavy atom. The van der Waals surface area contributed by atoms with Crippen molar-refractivity contribution in [1.82, 2.24) is 14.7 Å². The molecule has 146 valence electrons. The van der Waals surface area contributed by atoms with Gasteiger partial charge in [-0.3, -0.25) is 14.3 Å². The summed E-state index contributed by atoms with van der Waals surface area (Å²) in [4.78, 5) is 29.9. The number of hydrogen-bond acceptors (Lipinski definition) is 5. The van der Waals surface area contributed by atoms with Gasteiger partial charge < -0.3 is 4.90 Å². The van der Waals surface area contributed by atoms with E-state index in [1.807, 2.05) is 29.2 Å². The Hall–Kier alpha value is -2.77. The Morgan fingerprint density at radius 3 is 2.86 bits per heavy atom. The molecular formula is C22H19N3O2S2. The van der Waals surface area contributed by atoms with Gasteiger partial charge in [-0.2, -0.15) is 5.10 Å². The maximum absolute atomic E-state index is 13.2. The van der Waals surface area contributed by atoms with Gasteiger partial charge in [0.15, 0.2) is 0 Å². The molecule has 0 N–H and O–H groups in total. The van der Waals surface area contributed by atoms with E-state index in [-0.39, 0.29) is 17.4 Å². The lowest BCUT2D eigenvalue weighted by molar-refractivity contribution is -0.133. The average molecular weight is 422 g/mol. The molecule has 1 unspecified atom stereocenters. The quantitative estimate of drug-likeness (QED) is 0.499. The van der Waals surface area contributed by atoms with E-state index in [0.29, 0.717) is 18.4 Å². The van der Waals surface area contributed by atoms with Crippen molar-refractivity contribution in [3.63, 3.8) is 0 Å². The smallest absolute Gasteiger partial charge is 0.225 e. The highest BCUT2D eigenvalue weighted by atomic mass is 32.1. The van der Waals surface area contributed by atoms with Gasteiger partial charge in [-0.15, -0.1) is 22.7 Å². The van der Waals surface area contributed by atoms with Gasteiger partial charge in [0.1, 0.15) is 0 Å². The van der Waals surface area contributed by atoms with Crippen LogP contribution in [0.2, 0.25) is 0 Å². The summed E-state index contributed by atoms with van der Waals surface area (Å²) in [6.07, 6.45) is 2.58. The first kappa shape index (κ1) is 18.3. The summed E-state index contributed by atoms with van der Waals surface area (Å²) in [5.74, 6) is 0.116. The zero-order valence-electron chi connectivity index (χ0n) is 15.7. The molecule has 29 heavy (non-hydrogen) atoms. The maximum atomic E-state index is 13.2. The first-order chi connectivity index (χ1) is 14.2. The molecule has 7 heteroatoms. The summed E-state index contributed by atoms with van der Waals surface area (Å²) < 4.78 is 1.76. The number of aryl methyl sites for hydroxylation is 1. The monoisotopic (exact) mass is 421 g/mol. The van der Waals surface area contributed by atoms with Gasteiger partial charge in [0, 0.05) is 28.1 Å². The molecule has 0 saturated carbocycles. The summed E-state index contributed by atoms with van der Waals surface area (Å²) in [6, 6.07) is 13.7. The number of carbonyl (C=O) groups excluding carboxylic acids is 1. The Bertz CT molecular complexity index is 1230. The summed E-state index contributed by atoms with van der Waals surface area (Å²) in [6.45, 7) is 1.18. The standard InChI is InChI=1S/C22H19N3O2S2/c26-18-14-23-25(17-5-2-1-4-15(17)18)11-8-21(27)24-10-7-19-16(9-13-29-19)22(24)20-6-3-12-28-20/h1-6,9,12-14,22H,7-8,10-11H2. The molecule has 0 saturated heterocycles. The Balaban J connectivity index is 1.41. The van der Waals surface area contributed by atoms with Gasteiger partial charge in [0.25, 0.3) is 0 Å². The van der Waals surface area contributed by atoms with E-state index in [0.717, 1.165) is 18.5 Å². The number of benzene rings is 1. The van der Waals surface area contributed by atoms with Crippen molar-refractivity contribution in [1.29, 1.82) is 0 Å². The van der Waals surface area contributed by atoms with Crippen LogP contribution in [0.15, 0.2) is 64.2 Å². The van der Waals surface area contributed by atoms with Crippen molar-refractivity contribution in [3.05, 3.63) is 85.0 Å². The topological polar surface area (TPSA) is 55.2 Å². The Labute approximate surface area is 175 Å². The predicted molar refractivity (Wildman–Crippen MR) is 117 cm³/mol. The normalized spacial score (nSPS) is 16.1. The number of carbonyl (C=O) groups is 1. The Morgan fingerprint density at radius 1 is 1.10 bits per heavy atom. The van der Waals surface area contributed by atoms with Crippen LogP contribution in [0.1, 0.15) is 27.8 Å². The molecule has 4 aromatic rings. The first-order valence-corrected chi connectivity index (χ1v) is 11.3. The second kappa shape index (κ2) is 7.57. The molecule has 5 nitrogen and oxygen atoms in total. The molecule has 1 aromatic carbocycles. The molecule has 0 radical (unpaired) electrons. The van der Waals surface area contributed by atoms with Crippen molar-refractivity contribution in [3.8, 4) is 0 Å². The van der Waals surface area contributed by atoms with Crippen LogP contribution in [0.3, 0.4) is 0 Å². The lowest BCUT2D eigenvalue weighted by Gasteiger charge is -2.35. The maximum Gasteiger partial charge on any atom is 0.225 e. The lowest BCUT2D eigenvalue weighted by Crippen LogP contribution is -2.40. The molecule has 1 atom stereocenters. The molecule has 5 rings (SSSR count). The molecule has 1 aliphatic rings. The Kier molecular flexibility index (Phi) is 4.77. The second-order valence-electron chi connectivity index (χ2n) is 7.05. The van der Waals surface area contributed by atoms with Crippen LogP contribution < -0.4 is 5.43 Å². The minimum atomic E-state index is -0.0954. The van der Waals surface area contributed by atoms with Gasteiger partial charge in [0.05, 0.1) is 24.3 Å². The van der Waals surface area contributed by atoms with Gasteiger partial charge in [-0.1, -0.05) is 18.2 Å². The highest BCUT2D eigenvalue weighted by molar-refractivity contribution is 7.10. The van der Waals surface area contributed by atoms with E-state index in [4.69, 9.17) is 0 Å². The minimum absolute atomic E-state index is 0.00350. The van der Waals surface area contributed by atoms with E-state index in [2.05, 4.69) is 28.0 Å². The predicted octanol–water partition coefficient (Wildman–Crippen LogP) is 4.08. The molecule has 3 aromatic heterocycles. The number of para-hydroxylation sites is 1. The summed E-state index contributed by atoms with van der Waals surface area (Å²) in [5, 5.41) is 9.07. The van der Waals surface area contributed by atoms with E-state index >= 15 is 0 Å². The summed E-state index contributed by atoms with van der Waals surface area (Å²) >= 11 is 3.47. The fourth-order valence-electron chi connectivity index (χ4n) is 4.02. The van der Waals surface area contributed by atoms with Crippen LogP contribution in [0, 0.1) is 0 Å². The molecule has 4 heterocycles. The van der Waals surface area contributed by atoms with Crippen LogP contribution in [0.5, 0.6) is 0 Å². The van der Waals surface area contributed by atoms with Gasteiger partial charge in [-0.05, 0) is 47.0 Å². The number of rotatable bonds is 4. The fourth-order valence-corrected chi connectivity index (χ4v) is 5.78. The van der Waals surface area contributed by atoms with Crippen LogP contribution >= 0.6 is 22.7 Å². The van der Waals surface area contributed by atoms with Crippen molar-refractivity contribution in [2.24, 2.45) is 0 Å². The van der Waals surface area contributed by atoms with Gasteiger partial charge >= 0.3 is 0 Å². The average Bonchev–Trinajstić information content (AvgIpc) is 3.44. The third-order valence-electron chi connectivity index (χ3n) is 5.40. The number of amides is 1. The highest BCUT2D eigenvalue weighted by Crippen LogP contribution is 2.39. The molecular weight excluding hydrogens is 402 g/mol. The number of aromatic nitrogens is 2. The molecule has 1 amide bonds. The molecule has 0 aliphatic carbocycles. The molecule has 1 aliphatic heterocycles. The molecule has 0 bridgehead atoms. The second-order valence-corrected chi connectivity index (χ2v) is 9.03. The zero-order valence-corrected chi connectivity index (χ0v) is 17.3. The molecule has 0 spiro atoms. The zero-order chi connectivity index (χ0) is 19.8. The number of hydrogen-bond donors (Lipinski definition) is 0. The van der Waals surface area contributed by atoms with Crippen molar-refractivity contribution in [2.75, 3.05) is 6.54 Å². The van der Waals surface area contributed by atoms with E-state index in [1.165, 1.54) is 21.5 Å². The SMILES string of the molecule is O=C(CCn1ncc(=O)c2ccccc21)N1CCc2sccc2C1c1cccs1. The van der Waals surface area contributed by atoms with Crippen molar-refractivity contribution in [2.45, 2.75) is 25.4 Å². The van der Waals surface area contributed by atoms with Crippen LogP contribution in [-0.4, -0.2) is 27.1 Å². The number of thiophene rings is 2. The highest BCUT2D eigenvalue weighted by Gasteiger charge is 2.33. The summed E-state index contributed by atoms with van der Waals surface area (Å²) in [7, 11) is 0. The van der Waals surface area contributed by atoms with Crippen LogP contribution in [0.25, 0.3) is 10.9 Å². The molecule has 0 fully saturated rings. The van der Waals surface area contributed by atoms with E-state index in [9.17, 15) is 9.59 Å². The van der Waals surface area contributed by atoms with Crippen molar-refractivity contribution >= 4 is 39.5 Å². The van der Waals surface area contributed by atoms with E-state index in [1.54, 1.807) is 33.4 Å². The van der Waals surface area contributed by atoms with Crippen LogP contribution in [-0.2, 0) is 17.8 Å². The third-order valence-corrected chi connectivity index (χ3v) is 7.32. The van der Waals surface area contributed by atoms with E-state index < -0.39 is 0 Å². The third kappa shape index (κ3) is 3.30. The fraction of sp³-hybridized carbons (Fsp3) is 0.227. The first-order valence-electron chi connectivity index (χ1n) is 9.56. The number of nitrogens with zero attached hydrogens (tertiary/aromatic N) is 3. The van der Waals surface area contributed by atoms with Gasteiger partial charge in [-0.25, -0.2) is 0 Å².